The number of hydrogen-bond donors (Lipinski definition) is 2. The number of rotatable bonds is 5. The van der Waals surface area contributed by atoms with Crippen molar-refractivity contribution in [2.24, 2.45) is 0 Å². The lowest BCUT2D eigenvalue weighted by Gasteiger charge is -2.15. The number of nitrogens with two attached hydrogens (primary N) is 1. The van der Waals surface area contributed by atoms with Gasteiger partial charge in [0.05, 0.1) is 0 Å². The molecule has 4 heteroatoms. The van der Waals surface area contributed by atoms with E-state index in [-0.39, 0.29) is 0 Å². The maximum absolute atomic E-state index is 5.86. The molecule has 1 aliphatic heterocycles. The third kappa shape index (κ3) is 3.62. The van der Waals surface area contributed by atoms with Crippen LogP contribution in [0.5, 0.6) is 0 Å². The lowest BCUT2D eigenvalue weighted by molar-refractivity contribution is 0.337. The normalized spacial score (nSPS) is 16.1. The third-order valence-electron chi connectivity index (χ3n) is 3.52. The number of hydrogen-bond acceptors (Lipinski definition) is 3. The first-order chi connectivity index (χ1) is 8.66. The van der Waals surface area contributed by atoms with Gasteiger partial charge in [-0.1, -0.05) is 0 Å². The van der Waals surface area contributed by atoms with Gasteiger partial charge in [0, 0.05) is 22.4 Å². The van der Waals surface area contributed by atoms with Gasteiger partial charge in [-0.2, -0.15) is 0 Å². The lowest BCUT2D eigenvalue weighted by Crippen LogP contribution is -2.22. The summed E-state index contributed by atoms with van der Waals surface area (Å²) in [6.45, 7) is 6.82. The maximum atomic E-state index is 5.86. The first kappa shape index (κ1) is 13.7. The molecule has 1 aromatic rings. The Balaban J connectivity index is 1.77. The Hall–Kier alpha value is -0.740. The second kappa shape index (κ2) is 6.43. The number of aryl methyl sites for hydroxylation is 1. The predicted molar refractivity (Wildman–Crippen MR) is 82.1 cm³/mol. The van der Waals surface area contributed by atoms with Crippen molar-refractivity contribution in [3.8, 4) is 0 Å². The predicted octanol–water partition coefficient (Wildman–Crippen LogP) is 3.24. The molecule has 0 unspecified atom stereocenters. The van der Waals surface area contributed by atoms with E-state index in [1.165, 1.54) is 38.9 Å². The average molecular weight is 312 g/mol. The van der Waals surface area contributed by atoms with E-state index in [4.69, 9.17) is 5.73 Å². The molecule has 0 aromatic heterocycles. The van der Waals surface area contributed by atoms with Gasteiger partial charge in [0.15, 0.2) is 0 Å². The van der Waals surface area contributed by atoms with E-state index in [1.807, 2.05) is 13.0 Å². The van der Waals surface area contributed by atoms with Crippen molar-refractivity contribution in [2.45, 2.75) is 26.2 Å². The molecule has 0 saturated carbocycles. The molecule has 3 N–H and O–H groups in total. The Morgan fingerprint density at radius 1 is 1.33 bits per heavy atom. The Bertz CT molecular complexity index is 400. The first-order valence-electron chi connectivity index (χ1n) is 6.68. The topological polar surface area (TPSA) is 41.3 Å². The highest BCUT2D eigenvalue weighted by molar-refractivity contribution is 9.10. The maximum Gasteiger partial charge on any atom is 0.0488 e. The zero-order chi connectivity index (χ0) is 13.0. The molecule has 1 saturated heterocycles. The third-order valence-corrected chi connectivity index (χ3v) is 4.18. The van der Waals surface area contributed by atoms with Gasteiger partial charge in [-0.05, 0) is 79.4 Å². The standard InChI is InChI=1S/C14H22BrN3/c1-11-9-14(12(15)10-13(11)16)17-5-4-8-18-6-2-3-7-18/h9-10,17H,2-8,16H2,1H3. The molecule has 0 aliphatic carbocycles. The quantitative estimate of drug-likeness (QED) is 0.648. The Morgan fingerprint density at radius 2 is 2.06 bits per heavy atom. The van der Waals surface area contributed by atoms with Crippen LogP contribution in [0, 0.1) is 6.92 Å². The van der Waals surface area contributed by atoms with E-state index in [0.29, 0.717) is 0 Å². The number of nitrogens with one attached hydrogen (secondary N) is 1. The minimum Gasteiger partial charge on any atom is -0.398 e. The van der Waals surface area contributed by atoms with Crippen molar-refractivity contribution < 1.29 is 0 Å². The number of anilines is 2. The second-order valence-electron chi connectivity index (χ2n) is 5.02. The molecule has 0 amide bonds. The molecule has 100 valence electrons. The van der Waals surface area contributed by atoms with Gasteiger partial charge >= 0.3 is 0 Å². The van der Waals surface area contributed by atoms with E-state index in [1.54, 1.807) is 0 Å². The van der Waals surface area contributed by atoms with Crippen LogP contribution in [0.4, 0.5) is 11.4 Å². The van der Waals surface area contributed by atoms with Gasteiger partial charge in [-0.25, -0.2) is 0 Å². The SMILES string of the molecule is Cc1cc(NCCCN2CCCC2)c(Br)cc1N. The largest absolute Gasteiger partial charge is 0.398 e. The van der Waals surface area contributed by atoms with Crippen LogP contribution in [-0.2, 0) is 0 Å². The molecule has 1 aliphatic rings. The molecule has 1 fully saturated rings. The zero-order valence-electron chi connectivity index (χ0n) is 11.0. The smallest absolute Gasteiger partial charge is 0.0488 e. The van der Waals surface area contributed by atoms with E-state index in [9.17, 15) is 0 Å². The fraction of sp³-hybridized carbons (Fsp3) is 0.571. The molecule has 2 rings (SSSR count). The number of nitrogen functional groups attached to an aromatic ring is 1. The minimum absolute atomic E-state index is 0.837. The van der Waals surface area contributed by atoms with E-state index in [2.05, 4.69) is 32.2 Å². The highest BCUT2D eigenvalue weighted by Gasteiger charge is 2.10. The van der Waals surface area contributed by atoms with Crippen molar-refractivity contribution in [1.82, 2.24) is 4.90 Å². The molecule has 0 spiro atoms. The summed E-state index contributed by atoms with van der Waals surface area (Å²) in [5.41, 5.74) is 8.97. The van der Waals surface area contributed by atoms with Crippen LogP contribution in [0.3, 0.4) is 0 Å². The molecule has 1 heterocycles. The van der Waals surface area contributed by atoms with Gasteiger partial charge in [0.25, 0.3) is 0 Å². The molecule has 0 atom stereocenters. The van der Waals surface area contributed by atoms with Crippen molar-refractivity contribution in [3.63, 3.8) is 0 Å². The van der Waals surface area contributed by atoms with Gasteiger partial charge < -0.3 is 16.0 Å². The summed E-state index contributed by atoms with van der Waals surface area (Å²) in [6, 6.07) is 4.08. The van der Waals surface area contributed by atoms with Crippen LogP contribution in [0.2, 0.25) is 0 Å². The molecule has 3 nitrogen and oxygen atoms in total. The van der Waals surface area contributed by atoms with Crippen molar-refractivity contribution in [1.29, 1.82) is 0 Å². The van der Waals surface area contributed by atoms with Crippen LogP contribution in [0.25, 0.3) is 0 Å². The lowest BCUT2D eigenvalue weighted by atomic mass is 10.2. The van der Waals surface area contributed by atoms with Gasteiger partial charge in [0.1, 0.15) is 0 Å². The summed E-state index contributed by atoms with van der Waals surface area (Å²) in [5, 5.41) is 3.48. The number of nitrogens with zero attached hydrogens (tertiary/aromatic N) is 1. The van der Waals surface area contributed by atoms with Crippen LogP contribution in [0.1, 0.15) is 24.8 Å². The van der Waals surface area contributed by atoms with Crippen LogP contribution >= 0.6 is 15.9 Å². The summed E-state index contributed by atoms with van der Waals surface area (Å²) in [4.78, 5) is 2.55. The van der Waals surface area contributed by atoms with Gasteiger partial charge in [0.2, 0.25) is 0 Å². The van der Waals surface area contributed by atoms with Crippen molar-refractivity contribution in [3.05, 3.63) is 22.2 Å². The van der Waals surface area contributed by atoms with E-state index < -0.39 is 0 Å². The molecule has 0 radical (unpaired) electrons. The first-order valence-corrected chi connectivity index (χ1v) is 7.48. The molecular weight excluding hydrogens is 290 g/mol. The summed E-state index contributed by atoms with van der Waals surface area (Å²) in [7, 11) is 0. The molecular formula is C14H22BrN3. The molecule has 18 heavy (non-hydrogen) atoms. The van der Waals surface area contributed by atoms with E-state index in [0.717, 1.165) is 28.0 Å². The fourth-order valence-electron chi connectivity index (χ4n) is 2.36. The van der Waals surface area contributed by atoms with E-state index >= 15 is 0 Å². The zero-order valence-corrected chi connectivity index (χ0v) is 12.6. The monoisotopic (exact) mass is 311 g/mol. The van der Waals surface area contributed by atoms with Crippen molar-refractivity contribution >= 4 is 27.3 Å². The Kier molecular flexibility index (Phi) is 4.89. The summed E-state index contributed by atoms with van der Waals surface area (Å²) in [5.74, 6) is 0. The average Bonchev–Trinajstić information content (AvgIpc) is 2.84. The fourth-order valence-corrected chi connectivity index (χ4v) is 2.87. The summed E-state index contributed by atoms with van der Waals surface area (Å²) in [6.07, 6.45) is 3.93. The van der Waals surface area contributed by atoms with Crippen LogP contribution in [0.15, 0.2) is 16.6 Å². The van der Waals surface area contributed by atoms with Gasteiger partial charge in [-0.15, -0.1) is 0 Å². The second-order valence-corrected chi connectivity index (χ2v) is 5.87. The van der Waals surface area contributed by atoms with Gasteiger partial charge in [-0.3, -0.25) is 0 Å². The number of benzene rings is 1. The summed E-state index contributed by atoms with van der Waals surface area (Å²) >= 11 is 3.55. The highest BCUT2D eigenvalue weighted by atomic mass is 79.9. The van der Waals surface area contributed by atoms with Crippen molar-refractivity contribution in [2.75, 3.05) is 37.2 Å². The Morgan fingerprint density at radius 3 is 2.78 bits per heavy atom. The highest BCUT2D eigenvalue weighted by Crippen LogP contribution is 2.27. The van der Waals surface area contributed by atoms with Crippen LogP contribution in [-0.4, -0.2) is 31.1 Å². The van der Waals surface area contributed by atoms with Crippen LogP contribution < -0.4 is 11.1 Å². The number of halogens is 1. The molecule has 0 bridgehead atoms. The summed E-state index contributed by atoms with van der Waals surface area (Å²) < 4.78 is 1.05. The minimum atomic E-state index is 0.837. The Labute approximate surface area is 118 Å². The number of likely N-dealkylation sites (tertiary alicyclic amines) is 1. The molecule has 1 aromatic carbocycles.